The Morgan fingerprint density at radius 2 is 2.33 bits per heavy atom. The first-order valence-corrected chi connectivity index (χ1v) is 5.30. The van der Waals surface area contributed by atoms with Crippen molar-refractivity contribution in [1.82, 2.24) is 9.78 Å². The summed E-state index contributed by atoms with van der Waals surface area (Å²) in [6.07, 6.45) is 3.54. The number of aryl methyl sites for hydroxylation is 1. The maximum atomic E-state index is 13.2. The van der Waals surface area contributed by atoms with Gasteiger partial charge in [0.05, 0.1) is 11.8 Å². The molecule has 0 fully saturated rings. The summed E-state index contributed by atoms with van der Waals surface area (Å²) >= 11 is 0. The van der Waals surface area contributed by atoms with Gasteiger partial charge in [-0.3, -0.25) is 4.68 Å². The maximum Gasteiger partial charge on any atom is 0.338 e. The standard InChI is InChI=1S/C12H12FN3O2/c1-16-7-8(6-15-16)5-14-9-2-3-11(13)10(4-9)12(17)18/h2-4,6-7,14H,5H2,1H3,(H,17,18). The highest BCUT2D eigenvalue weighted by atomic mass is 19.1. The molecule has 0 atom stereocenters. The van der Waals surface area contributed by atoms with E-state index in [4.69, 9.17) is 5.11 Å². The zero-order valence-corrected chi connectivity index (χ0v) is 9.72. The molecule has 0 aliphatic heterocycles. The van der Waals surface area contributed by atoms with E-state index in [1.807, 2.05) is 13.2 Å². The lowest BCUT2D eigenvalue weighted by Crippen LogP contribution is -2.04. The molecule has 5 nitrogen and oxygen atoms in total. The van der Waals surface area contributed by atoms with Gasteiger partial charge in [-0.15, -0.1) is 0 Å². The number of nitrogens with zero attached hydrogens (tertiary/aromatic N) is 2. The van der Waals surface area contributed by atoms with Gasteiger partial charge in [-0.05, 0) is 18.2 Å². The van der Waals surface area contributed by atoms with Crippen LogP contribution in [0.5, 0.6) is 0 Å². The number of nitrogens with one attached hydrogen (secondary N) is 1. The van der Waals surface area contributed by atoms with Crippen LogP contribution in [-0.2, 0) is 13.6 Å². The molecule has 0 aliphatic rings. The molecule has 0 unspecified atom stereocenters. The van der Waals surface area contributed by atoms with E-state index in [2.05, 4.69) is 10.4 Å². The summed E-state index contributed by atoms with van der Waals surface area (Å²) in [6, 6.07) is 3.90. The van der Waals surface area contributed by atoms with Crippen molar-refractivity contribution in [2.24, 2.45) is 7.05 Å². The lowest BCUT2D eigenvalue weighted by Gasteiger charge is -2.06. The molecule has 0 radical (unpaired) electrons. The van der Waals surface area contributed by atoms with Crippen LogP contribution in [-0.4, -0.2) is 20.9 Å². The third kappa shape index (κ3) is 2.65. The number of carbonyl (C=O) groups is 1. The van der Waals surface area contributed by atoms with Crippen LogP contribution in [0.4, 0.5) is 10.1 Å². The number of carboxylic acid groups (broad SMARTS) is 1. The Kier molecular flexibility index (Phi) is 3.27. The molecule has 2 aromatic rings. The largest absolute Gasteiger partial charge is 0.478 e. The highest BCUT2D eigenvalue weighted by Gasteiger charge is 2.10. The smallest absolute Gasteiger partial charge is 0.338 e. The molecule has 0 aliphatic carbocycles. The number of aromatic carboxylic acids is 1. The second kappa shape index (κ2) is 4.87. The fourth-order valence-electron chi connectivity index (χ4n) is 1.57. The highest BCUT2D eigenvalue weighted by molar-refractivity contribution is 5.89. The van der Waals surface area contributed by atoms with Crippen LogP contribution in [0, 0.1) is 5.82 Å². The predicted molar refractivity (Wildman–Crippen MR) is 63.9 cm³/mol. The van der Waals surface area contributed by atoms with Crippen LogP contribution in [0.3, 0.4) is 0 Å². The van der Waals surface area contributed by atoms with Crippen LogP contribution in [0.25, 0.3) is 0 Å². The zero-order chi connectivity index (χ0) is 13.1. The van der Waals surface area contributed by atoms with Gasteiger partial charge < -0.3 is 10.4 Å². The Morgan fingerprint density at radius 3 is 2.94 bits per heavy atom. The minimum Gasteiger partial charge on any atom is -0.478 e. The van der Waals surface area contributed by atoms with Gasteiger partial charge in [-0.2, -0.15) is 5.10 Å². The highest BCUT2D eigenvalue weighted by Crippen LogP contribution is 2.15. The van der Waals surface area contributed by atoms with Crippen molar-refractivity contribution in [2.75, 3.05) is 5.32 Å². The number of carboxylic acids is 1. The van der Waals surface area contributed by atoms with Crippen molar-refractivity contribution in [3.05, 3.63) is 47.5 Å². The first-order valence-electron chi connectivity index (χ1n) is 5.30. The number of hydrogen-bond donors (Lipinski definition) is 2. The zero-order valence-electron chi connectivity index (χ0n) is 9.72. The minimum atomic E-state index is -1.28. The second-order valence-electron chi connectivity index (χ2n) is 3.88. The van der Waals surface area contributed by atoms with Gasteiger partial charge in [0.2, 0.25) is 0 Å². The quantitative estimate of drug-likeness (QED) is 0.868. The van der Waals surface area contributed by atoms with Crippen molar-refractivity contribution in [2.45, 2.75) is 6.54 Å². The summed E-state index contributed by atoms with van der Waals surface area (Å²) < 4.78 is 14.8. The summed E-state index contributed by atoms with van der Waals surface area (Å²) in [5, 5.41) is 15.8. The molecule has 1 aromatic heterocycles. The fraction of sp³-hybridized carbons (Fsp3) is 0.167. The molecule has 6 heteroatoms. The second-order valence-corrected chi connectivity index (χ2v) is 3.88. The minimum absolute atomic E-state index is 0.341. The van der Waals surface area contributed by atoms with E-state index < -0.39 is 11.8 Å². The molecule has 0 amide bonds. The van der Waals surface area contributed by atoms with Crippen LogP contribution >= 0.6 is 0 Å². The molecule has 0 saturated carbocycles. The fourth-order valence-corrected chi connectivity index (χ4v) is 1.57. The average Bonchev–Trinajstić information content (AvgIpc) is 2.74. The van der Waals surface area contributed by atoms with Gasteiger partial charge >= 0.3 is 5.97 Å². The monoisotopic (exact) mass is 249 g/mol. The Bertz CT molecular complexity index is 580. The number of hydrogen-bond acceptors (Lipinski definition) is 3. The molecule has 1 heterocycles. The van der Waals surface area contributed by atoms with E-state index in [0.717, 1.165) is 11.6 Å². The number of aromatic nitrogens is 2. The molecule has 1 aromatic carbocycles. The molecular weight excluding hydrogens is 237 g/mol. The summed E-state index contributed by atoms with van der Waals surface area (Å²) in [5.41, 5.74) is 1.17. The van der Waals surface area contributed by atoms with Crippen LogP contribution in [0.2, 0.25) is 0 Å². The van der Waals surface area contributed by atoms with Gasteiger partial charge in [-0.25, -0.2) is 9.18 Å². The summed E-state index contributed by atoms with van der Waals surface area (Å²) in [4.78, 5) is 10.8. The molecule has 0 bridgehead atoms. The first kappa shape index (κ1) is 12.1. The van der Waals surface area contributed by atoms with Crippen LogP contribution in [0.15, 0.2) is 30.6 Å². The molecule has 94 valence electrons. The van der Waals surface area contributed by atoms with Crippen LogP contribution < -0.4 is 5.32 Å². The van der Waals surface area contributed by atoms with Crippen molar-refractivity contribution < 1.29 is 14.3 Å². The molecule has 18 heavy (non-hydrogen) atoms. The van der Waals surface area contributed by atoms with E-state index in [1.54, 1.807) is 10.9 Å². The average molecular weight is 249 g/mol. The van der Waals surface area contributed by atoms with E-state index in [0.29, 0.717) is 12.2 Å². The Morgan fingerprint density at radius 1 is 1.56 bits per heavy atom. The summed E-state index contributed by atoms with van der Waals surface area (Å²) in [5.74, 6) is -2.02. The van der Waals surface area contributed by atoms with E-state index in [1.165, 1.54) is 12.1 Å². The number of benzene rings is 1. The maximum absolute atomic E-state index is 13.2. The number of halogens is 1. The summed E-state index contributed by atoms with van der Waals surface area (Å²) in [7, 11) is 1.81. The van der Waals surface area contributed by atoms with Gasteiger partial charge in [0, 0.05) is 31.0 Å². The molecule has 0 spiro atoms. The normalized spacial score (nSPS) is 10.3. The van der Waals surface area contributed by atoms with E-state index >= 15 is 0 Å². The summed E-state index contributed by atoms with van der Waals surface area (Å²) in [6.45, 7) is 0.499. The van der Waals surface area contributed by atoms with Gasteiger partial charge in [-0.1, -0.05) is 0 Å². The predicted octanol–water partition coefficient (Wildman–Crippen LogP) is 1.87. The van der Waals surface area contributed by atoms with Gasteiger partial charge in [0.25, 0.3) is 0 Å². The Hall–Kier alpha value is -2.37. The lowest BCUT2D eigenvalue weighted by molar-refractivity contribution is 0.0692. The van der Waals surface area contributed by atoms with Crippen LogP contribution in [0.1, 0.15) is 15.9 Å². The van der Waals surface area contributed by atoms with Crippen molar-refractivity contribution in [3.63, 3.8) is 0 Å². The van der Waals surface area contributed by atoms with Gasteiger partial charge in [0.1, 0.15) is 5.82 Å². The van der Waals surface area contributed by atoms with Crippen molar-refractivity contribution in [1.29, 1.82) is 0 Å². The molecule has 0 saturated heterocycles. The van der Waals surface area contributed by atoms with E-state index in [-0.39, 0.29) is 5.56 Å². The third-order valence-electron chi connectivity index (χ3n) is 2.45. The SMILES string of the molecule is Cn1cc(CNc2ccc(F)c(C(=O)O)c2)cn1. The molecule has 2 rings (SSSR count). The van der Waals surface area contributed by atoms with E-state index in [9.17, 15) is 9.18 Å². The third-order valence-corrected chi connectivity index (χ3v) is 2.45. The number of rotatable bonds is 4. The van der Waals surface area contributed by atoms with Crippen molar-refractivity contribution in [3.8, 4) is 0 Å². The first-order chi connectivity index (χ1) is 8.56. The van der Waals surface area contributed by atoms with Gasteiger partial charge in [0.15, 0.2) is 0 Å². The molecular formula is C12H12FN3O2. The Balaban J connectivity index is 2.10. The topological polar surface area (TPSA) is 67.2 Å². The van der Waals surface area contributed by atoms with Crippen molar-refractivity contribution >= 4 is 11.7 Å². The molecule has 2 N–H and O–H groups in total. The lowest BCUT2D eigenvalue weighted by atomic mass is 10.2. The Labute approximate surface area is 103 Å². The number of anilines is 1.